The average molecular weight is 429 g/mol. The smallest absolute Gasteiger partial charge is 0.307 e. The summed E-state index contributed by atoms with van der Waals surface area (Å²) in [6.07, 6.45) is 10.1. The summed E-state index contributed by atoms with van der Waals surface area (Å²) in [6.45, 7) is 5.66. The number of rotatable bonds is 9. The molecule has 1 aliphatic carbocycles. The molecule has 1 aromatic heterocycles. The number of carbonyl (C=O) groups excluding carboxylic acids is 1. The van der Waals surface area contributed by atoms with Crippen molar-refractivity contribution in [1.29, 1.82) is 0 Å². The fourth-order valence-corrected chi connectivity index (χ4v) is 4.28. The van der Waals surface area contributed by atoms with E-state index in [1.807, 2.05) is 45.0 Å². The number of esters is 1. The normalized spacial score (nSPS) is 16.1. The SMILES string of the molecule is COc1ccc(-c2noc([C@H](CCCC3CCCCC3)CC(=O)OC(C)(C)C)n2)cc1. The Bertz CT molecular complexity index is 817. The molecule has 6 nitrogen and oxygen atoms in total. The molecule has 1 atom stereocenters. The van der Waals surface area contributed by atoms with Gasteiger partial charge in [0.15, 0.2) is 0 Å². The first-order valence-corrected chi connectivity index (χ1v) is 11.5. The van der Waals surface area contributed by atoms with E-state index in [1.165, 1.54) is 38.5 Å². The van der Waals surface area contributed by atoms with Crippen molar-refractivity contribution < 1.29 is 18.8 Å². The van der Waals surface area contributed by atoms with Gasteiger partial charge in [0.25, 0.3) is 0 Å². The molecule has 6 heteroatoms. The lowest BCUT2D eigenvalue weighted by Gasteiger charge is -2.23. The summed E-state index contributed by atoms with van der Waals surface area (Å²) in [5, 5.41) is 4.16. The molecule has 31 heavy (non-hydrogen) atoms. The molecular weight excluding hydrogens is 392 g/mol. The number of methoxy groups -OCH3 is 1. The fourth-order valence-electron chi connectivity index (χ4n) is 4.28. The number of hydrogen-bond donors (Lipinski definition) is 0. The van der Waals surface area contributed by atoms with Crippen molar-refractivity contribution in [1.82, 2.24) is 10.1 Å². The summed E-state index contributed by atoms with van der Waals surface area (Å²) >= 11 is 0. The maximum absolute atomic E-state index is 12.5. The molecule has 0 unspecified atom stereocenters. The van der Waals surface area contributed by atoms with E-state index < -0.39 is 5.60 Å². The number of ether oxygens (including phenoxy) is 2. The van der Waals surface area contributed by atoms with Crippen molar-refractivity contribution in [2.75, 3.05) is 7.11 Å². The Morgan fingerprint density at radius 2 is 1.87 bits per heavy atom. The minimum atomic E-state index is -0.507. The topological polar surface area (TPSA) is 74.5 Å². The molecule has 1 aromatic carbocycles. The molecule has 0 bridgehead atoms. The molecule has 1 aliphatic rings. The van der Waals surface area contributed by atoms with Crippen LogP contribution >= 0.6 is 0 Å². The van der Waals surface area contributed by atoms with Crippen LogP contribution in [0.15, 0.2) is 28.8 Å². The summed E-state index contributed by atoms with van der Waals surface area (Å²) in [6, 6.07) is 7.54. The van der Waals surface area contributed by atoms with Crippen molar-refractivity contribution in [3.63, 3.8) is 0 Å². The van der Waals surface area contributed by atoms with Gasteiger partial charge in [0.05, 0.1) is 13.5 Å². The molecule has 0 aliphatic heterocycles. The van der Waals surface area contributed by atoms with Crippen LogP contribution in [0.25, 0.3) is 11.4 Å². The van der Waals surface area contributed by atoms with E-state index in [9.17, 15) is 4.79 Å². The molecule has 3 rings (SSSR count). The van der Waals surface area contributed by atoms with Gasteiger partial charge in [-0.15, -0.1) is 0 Å². The van der Waals surface area contributed by atoms with Gasteiger partial charge in [-0.1, -0.05) is 50.1 Å². The van der Waals surface area contributed by atoms with Crippen LogP contribution in [-0.4, -0.2) is 28.8 Å². The molecule has 0 amide bonds. The zero-order valence-electron chi connectivity index (χ0n) is 19.4. The van der Waals surface area contributed by atoms with Crippen LogP contribution in [-0.2, 0) is 9.53 Å². The average Bonchev–Trinajstić information content (AvgIpc) is 3.23. The molecule has 1 heterocycles. The van der Waals surface area contributed by atoms with Crippen LogP contribution in [0.4, 0.5) is 0 Å². The highest BCUT2D eigenvalue weighted by atomic mass is 16.6. The first-order valence-electron chi connectivity index (χ1n) is 11.5. The second-order valence-electron chi connectivity index (χ2n) is 9.61. The molecule has 1 saturated carbocycles. The first-order chi connectivity index (χ1) is 14.8. The van der Waals surface area contributed by atoms with E-state index in [2.05, 4.69) is 10.1 Å². The molecule has 0 saturated heterocycles. The largest absolute Gasteiger partial charge is 0.497 e. The van der Waals surface area contributed by atoms with Gasteiger partial charge in [0.2, 0.25) is 11.7 Å². The molecule has 1 fully saturated rings. The Labute approximate surface area is 185 Å². The van der Waals surface area contributed by atoms with Crippen molar-refractivity contribution >= 4 is 5.97 Å². The molecule has 0 N–H and O–H groups in total. The summed E-state index contributed by atoms with van der Waals surface area (Å²) in [4.78, 5) is 17.2. The van der Waals surface area contributed by atoms with E-state index in [-0.39, 0.29) is 18.3 Å². The Balaban J connectivity index is 1.68. The third kappa shape index (κ3) is 7.37. The summed E-state index contributed by atoms with van der Waals surface area (Å²) in [7, 11) is 1.63. The van der Waals surface area contributed by atoms with Crippen molar-refractivity contribution in [3.05, 3.63) is 30.2 Å². The highest BCUT2D eigenvalue weighted by molar-refractivity contribution is 5.70. The van der Waals surface area contributed by atoms with Crippen LogP contribution in [0, 0.1) is 5.92 Å². The maximum Gasteiger partial charge on any atom is 0.307 e. The lowest BCUT2D eigenvalue weighted by Crippen LogP contribution is -2.25. The highest BCUT2D eigenvalue weighted by Gasteiger charge is 2.26. The zero-order valence-corrected chi connectivity index (χ0v) is 19.4. The van der Waals surface area contributed by atoms with Gasteiger partial charge in [0, 0.05) is 11.5 Å². The van der Waals surface area contributed by atoms with Crippen molar-refractivity contribution in [3.8, 4) is 17.1 Å². The standard InChI is InChI=1S/C25H36N2O4/c1-25(2,3)30-22(28)17-20(12-8-11-18-9-6-5-7-10-18)24-26-23(27-31-24)19-13-15-21(29-4)16-14-19/h13-16,18,20H,5-12,17H2,1-4H3/t20-/m1/s1. The quantitative estimate of drug-likeness (QED) is 0.436. The van der Waals surface area contributed by atoms with E-state index >= 15 is 0 Å². The predicted octanol–water partition coefficient (Wildman–Crippen LogP) is 6.31. The van der Waals surface area contributed by atoms with Crippen LogP contribution in [0.2, 0.25) is 0 Å². The Kier molecular flexibility index (Phi) is 8.10. The Morgan fingerprint density at radius 1 is 1.16 bits per heavy atom. The van der Waals surface area contributed by atoms with Crippen LogP contribution in [0.1, 0.15) is 90.4 Å². The van der Waals surface area contributed by atoms with Gasteiger partial charge in [-0.2, -0.15) is 4.98 Å². The first kappa shape index (κ1) is 23.3. The van der Waals surface area contributed by atoms with E-state index in [4.69, 9.17) is 14.0 Å². The van der Waals surface area contributed by atoms with E-state index in [0.717, 1.165) is 30.1 Å². The van der Waals surface area contributed by atoms with E-state index in [0.29, 0.717) is 11.7 Å². The third-order valence-electron chi connectivity index (χ3n) is 5.86. The number of hydrogen-bond acceptors (Lipinski definition) is 6. The second kappa shape index (κ2) is 10.8. The number of carbonyl (C=O) groups is 1. The lowest BCUT2D eigenvalue weighted by atomic mass is 9.84. The molecule has 0 radical (unpaired) electrons. The predicted molar refractivity (Wildman–Crippen MR) is 120 cm³/mol. The van der Waals surface area contributed by atoms with Gasteiger partial charge < -0.3 is 14.0 Å². The van der Waals surface area contributed by atoms with E-state index in [1.54, 1.807) is 7.11 Å². The van der Waals surface area contributed by atoms with Gasteiger partial charge in [-0.25, -0.2) is 0 Å². The zero-order chi connectivity index (χ0) is 22.3. The maximum atomic E-state index is 12.5. The molecule has 0 spiro atoms. The minimum absolute atomic E-state index is 0.127. The van der Waals surface area contributed by atoms with Gasteiger partial charge >= 0.3 is 5.97 Å². The van der Waals surface area contributed by atoms with Crippen molar-refractivity contribution in [2.45, 2.75) is 90.1 Å². The Hall–Kier alpha value is -2.37. The number of aromatic nitrogens is 2. The highest BCUT2D eigenvalue weighted by Crippen LogP contribution is 2.32. The summed E-state index contributed by atoms with van der Waals surface area (Å²) in [5.74, 6) is 2.28. The van der Waals surface area contributed by atoms with Gasteiger partial charge in [0.1, 0.15) is 11.4 Å². The third-order valence-corrected chi connectivity index (χ3v) is 5.86. The molecule has 2 aromatic rings. The van der Waals surface area contributed by atoms with Crippen molar-refractivity contribution in [2.24, 2.45) is 5.92 Å². The van der Waals surface area contributed by atoms with Crippen LogP contribution in [0.5, 0.6) is 5.75 Å². The summed E-state index contributed by atoms with van der Waals surface area (Å²) in [5.41, 5.74) is 0.348. The van der Waals surface area contributed by atoms with Gasteiger partial charge in [-0.3, -0.25) is 4.79 Å². The molecular formula is C25H36N2O4. The molecule has 170 valence electrons. The summed E-state index contributed by atoms with van der Waals surface area (Å²) < 4.78 is 16.4. The van der Waals surface area contributed by atoms with Crippen LogP contribution < -0.4 is 4.74 Å². The monoisotopic (exact) mass is 428 g/mol. The van der Waals surface area contributed by atoms with Gasteiger partial charge in [-0.05, 0) is 57.4 Å². The fraction of sp³-hybridized carbons (Fsp3) is 0.640. The number of nitrogens with zero attached hydrogens (tertiary/aromatic N) is 2. The minimum Gasteiger partial charge on any atom is -0.497 e. The lowest BCUT2D eigenvalue weighted by molar-refractivity contribution is -0.155. The van der Waals surface area contributed by atoms with Crippen LogP contribution in [0.3, 0.4) is 0 Å². The number of benzene rings is 1. The Morgan fingerprint density at radius 3 is 2.52 bits per heavy atom. The second-order valence-corrected chi connectivity index (χ2v) is 9.61.